The van der Waals surface area contributed by atoms with Gasteiger partial charge in [-0.1, -0.05) is 49.0 Å². The lowest BCUT2D eigenvalue weighted by Gasteiger charge is -2.14. The topological polar surface area (TPSA) is 50.4 Å². The number of hydrogen-bond donors (Lipinski definition) is 2. The number of ether oxygens (including phenoxy) is 1. The van der Waals surface area contributed by atoms with Gasteiger partial charge >= 0.3 is 0 Å². The number of carbonyl (C=O) groups is 1. The van der Waals surface area contributed by atoms with Crippen molar-refractivity contribution in [3.05, 3.63) is 111 Å². The van der Waals surface area contributed by atoms with Crippen LogP contribution in [-0.2, 0) is 24.2 Å². The zero-order valence-electron chi connectivity index (χ0n) is 19.3. The molecule has 35 heavy (non-hydrogen) atoms. The van der Waals surface area contributed by atoms with Crippen molar-refractivity contribution in [1.29, 1.82) is 0 Å². The maximum absolute atomic E-state index is 13.2. The number of allylic oxidation sites excluding steroid dienone is 1. The minimum atomic E-state index is -0.277. The summed E-state index contributed by atoms with van der Waals surface area (Å²) in [5.74, 6) is 0.311. The predicted molar refractivity (Wildman–Crippen MR) is 146 cm³/mol. The molecule has 1 amide bonds. The first-order valence-electron chi connectivity index (χ1n) is 11.3. The first-order chi connectivity index (χ1) is 16.9. The number of amides is 1. The number of rotatable bonds is 9. The molecule has 7 heteroatoms. The molecule has 0 aromatic heterocycles. The van der Waals surface area contributed by atoms with E-state index in [4.69, 9.17) is 4.74 Å². The van der Waals surface area contributed by atoms with Gasteiger partial charge in [0.25, 0.3) is 5.91 Å². The van der Waals surface area contributed by atoms with Crippen LogP contribution in [0.4, 0.5) is 10.1 Å². The largest absolute Gasteiger partial charge is 0.487 e. The van der Waals surface area contributed by atoms with Crippen LogP contribution in [0.5, 0.6) is 5.75 Å². The fraction of sp³-hybridized carbons (Fsp3) is 0.179. The Labute approximate surface area is 217 Å². The van der Waals surface area contributed by atoms with Gasteiger partial charge in [-0.05, 0) is 93.5 Å². The van der Waals surface area contributed by atoms with Crippen LogP contribution >= 0.6 is 27.7 Å². The van der Waals surface area contributed by atoms with Gasteiger partial charge in [0.1, 0.15) is 18.2 Å². The van der Waals surface area contributed by atoms with Gasteiger partial charge in [0.2, 0.25) is 0 Å². The number of benzene rings is 3. The Morgan fingerprint density at radius 2 is 1.86 bits per heavy atom. The molecule has 0 aliphatic carbocycles. The Bertz CT molecular complexity index is 1240. The standard InChI is InChI=1S/C28H26BrFN2O2S/c1-3-5-21-14-20(15-24(29)26(21)34-17-19-6-10-22(30)11-7-19)16-25-27(33)32-28(35-25)31-23-12-8-18(4-2)9-13-23/h3,6-16,28,31H,1,4-5,17H2,2H3,(H,32,33)/b25-16-/t28-/m0/s1. The van der Waals surface area contributed by atoms with Gasteiger partial charge in [0, 0.05) is 5.69 Å². The maximum Gasteiger partial charge on any atom is 0.260 e. The molecule has 1 aliphatic heterocycles. The first kappa shape index (κ1) is 25.1. The molecular formula is C28H26BrFN2O2S. The van der Waals surface area contributed by atoms with Crippen LogP contribution < -0.4 is 15.4 Å². The molecule has 4 nitrogen and oxygen atoms in total. The third-order valence-electron chi connectivity index (χ3n) is 5.49. The van der Waals surface area contributed by atoms with Gasteiger partial charge in [-0.2, -0.15) is 0 Å². The zero-order valence-corrected chi connectivity index (χ0v) is 21.7. The van der Waals surface area contributed by atoms with Gasteiger partial charge in [-0.3, -0.25) is 4.79 Å². The highest BCUT2D eigenvalue weighted by molar-refractivity contribution is 9.10. The lowest BCUT2D eigenvalue weighted by atomic mass is 10.1. The van der Waals surface area contributed by atoms with Crippen LogP contribution in [0, 0.1) is 5.82 Å². The molecule has 0 bridgehead atoms. The number of nitrogens with one attached hydrogen (secondary N) is 2. The van der Waals surface area contributed by atoms with Crippen LogP contribution in [0.25, 0.3) is 6.08 Å². The Kier molecular flexibility index (Phi) is 8.31. The van der Waals surface area contributed by atoms with Gasteiger partial charge in [0.05, 0.1) is 9.38 Å². The fourth-order valence-electron chi connectivity index (χ4n) is 3.67. The molecule has 1 heterocycles. The number of carbonyl (C=O) groups excluding carboxylic acids is 1. The van der Waals surface area contributed by atoms with E-state index in [1.807, 2.05) is 36.4 Å². The molecule has 180 valence electrons. The van der Waals surface area contributed by atoms with Crippen LogP contribution in [0.2, 0.25) is 0 Å². The van der Waals surface area contributed by atoms with Crippen molar-refractivity contribution in [2.75, 3.05) is 5.32 Å². The molecule has 2 N–H and O–H groups in total. The second kappa shape index (κ2) is 11.6. The van der Waals surface area contributed by atoms with E-state index >= 15 is 0 Å². The quantitative estimate of drug-likeness (QED) is 0.220. The summed E-state index contributed by atoms with van der Waals surface area (Å²) < 4.78 is 20.0. The Morgan fingerprint density at radius 3 is 2.54 bits per heavy atom. The maximum atomic E-state index is 13.2. The smallest absolute Gasteiger partial charge is 0.260 e. The summed E-state index contributed by atoms with van der Waals surface area (Å²) in [6, 6.07) is 18.4. The predicted octanol–water partition coefficient (Wildman–Crippen LogP) is 7.06. The molecule has 0 saturated carbocycles. The van der Waals surface area contributed by atoms with Crippen molar-refractivity contribution in [2.45, 2.75) is 31.9 Å². The van der Waals surface area contributed by atoms with Gasteiger partial charge in [-0.25, -0.2) is 4.39 Å². The molecule has 4 rings (SSSR count). The van der Waals surface area contributed by atoms with E-state index in [0.717, 1.165) is 33.3 Å². The van der Waals surface area contributed by atoms with Crippen molar-refractivity contribution < 1.29 is 13.9 Å². The van der Waals surface area contributed by atoms with E-state index in [1.165, 1.54) is 29.5 Å². The van der Waals surface area contributed by atoms with E-state index in [1.54, 1.807) is 12.1 Å². The number of halogens is 2. The van der Waals surface area contributed by atoms with Crippen molar-refractivity contribution in [3.8, 4) is 5.75 Å². The lowest BCUT2D eigenvalue weighted by molar-refractivity contribution is -0.116. The second-order valence-corrected chi connectivity index (χ2v) is 10.1. The number of thioether (sulfide) groups is 1. The van der Waals surface area contributed by atoms with Crippen molar-refractivity contribution in [1.82, 2.24) is 5.32 Å². The summed E-state index contributed by atoms with van der Waals surface area (Å²) in [6.45, 7) is 6.29. The first-order valence-corrected chi connectivity index (χ1v) is 13.0. The molecule has 0 spiro atoms. The molecule has 3 aromatic carbocycles. The van der Waals surface area contributed by atoms with Crippen LogP contribution in [0.3, 0.4) is 0 Å². The van der Waals surface area contributed by atoms with E-state index in [0.29, 0.717) is 23.7 Å². The van der Waals surface area contributed by atoms with E-state index in [-0.39, 0.29) is 17.2 Å². The van der Waals surface area contributed by atoms with E-state index < -0.39 is 0 Å². The number of anilines is 1. The second-order valence-electron chi connectivity index (χ2n) is 8.07. The van der Waals surface area contributed by atoms with E-state index in [2.05, 4.69) is 52.2 Å². The van der Waals surface area contributed by atoms with Crippen molar-refractivity contribution in [3.63, 3.8) is 0 Å². The number of hydrogen-bond acceptors (Lipinski definition) is 4. The minimum absolute atomic E-state index is 0.115. The molecule has 1 aliphatic rings. The summed E-state index contributed by atoms with van der Waals surface area (Å²) in [5.41, 5.74) is 4.68. The van der Waals surface area contributed by atoms with Gasteiger partial charge in [0.15, 0.2) is 5.50 Å². The van der Waals surface area contributed by atoms with Crippen LogP contribution in [-0.4, -0.2) is 11.4 Å². The zero-order chi connectivity index (χ0) is 24.8. The highest BCUT2D eigenvalue weighted by Crippen LogP contribution is 2.35. The summed E-state index contributed by atoms with van der Waals surface area (Å²) in [6.07, 6.45) is 5.28. The fourth-order valence-corrected chi connectivity index (χ4v) is 5.29. The molecule has 3 aromatic rings. The van der Waals surface area contributed by atoms with Crippen molar-refractivity contribution in [2.24, 2.45) is 0 Å². The van der Waals surface area contributed by atoms with Gasteiger partial charge in [-0.15, -0.1) is 6.58 Å². The third-order valence-corrected chi connectivity index (χ3v) is 7.11. The Morgan fingerprint density at radius 1 is 1.14 bits per heavy atom. The molecular weight excluding hydrogens is 527 g/mol. The van der Waals surface area contributed by atoms with Crippen LogP contribution in [0.15, 0.2) is 82.7 Å². The third kappa shape index (κ3) is 6.55. The van der Waals surface area contributed by atoms with Crippen molar-refractivity contribution >= 4 is 45.4 Å². The normalized spacial score (nSPS) is 16.3. The average molecular weight is 553 g/mol. The molecule has 0 radical (unpaired) electrons. The summed E-state index contributed by atoms with van der Waals surface area (Å²) in [7, 11) is 0. The summed E-state index contributed by atoms with van der Waals surface area (Å²) in [4.78, 5) is 13.2. The Hall–Kier alpha value is -3.03. The van der Waals surface area contributed by atoms with Crippen LogP contribution in [0.1, 0.15) is 29.2 Å². The lowest BCUT2D eigenvalue weighted by Crippen LogP contribution is -2.30. The van der Waals surface area contributed by atoms with Gasteiger partial charge < -0.3 is 15.4 Å². The van der Waals surface area contributed by atoms with E-state index in [9.17, 15) is 9.18 Å². The Balaban J connectivity index is 1.49. The molecule has 1 saturated heterocycles. The molecule has 0 unspecified atom stereocenters. The minimum Gasteiger partial charge on any atom is -0.487 e. The number of aryl methyl sites for hydroxylation is 1. The highest BCUT2D eigenvalue weighted by atomic mass is 79.9. The highest BCUT2D eigenvalue weighted by Gasteiger charge is 2.27. The SMILES string of the molecule is C=CCc1cc(/C=C2\S[C@@H](Nc3ccc(CC)cc3)NC2=O)cc(Br)c1OCc1ccc(F)cc1. The average Bonchev–Trinajstić information content (AvgIpc) is 3.18. The summed E-state index contributed by atoms with van der Waals surface area (Å²) >= 11 is 5.07. The molecule has 1 atom stereocenters. The molecule has 1 fully saturated rings. The summed E-state index contributed by atoms with van der Waals surface area (Å²) in [5, 5.41) is 6.33. The monoisotopic (exact) mass is 552 g/mol.